The largest absolute Gasteiger partial charge is 0.377 e. The summed E-state index contributed by atoms with van der Waals surface area (Å²) in [6.45, 7) is 7.33. The van der Waals surface area contributed by atoms with Crippen LogP contribution < -0.4 is 4.72 Å². The first-order valence-corrected chi connectivity index (χ1v) is 7.60. The summed E-state index contributed by atoms with van der Waals surface area (Å²) < 4.78 is 31.9. The summed E-state index contributed by atoms with van der Waals surface area (Å²) in [6.07, 6.45) is 0. The van der Waals surface area contributed by atoms with E-state index in [0.29, 0.717) is 24.7 Å². The minimum absolute atomic E-state index is 0.284. The molecule has 18 heavy (non-hydrogen) atoms. The van der Waals surface area contributed by atoms with Crippen molar-refractivity contribution in [2.45, 2.75) is 32.3 Å². The first-order valence-electron chi connectivity index (χ1n) is 6.12. The van der Waals surface area contributed by atoms with Gasteiger partial charge in [0.05, 0.1) is 11.5 Å². The molecule has 0 saturated heterocycles. The lowest BCUT2D eigenvalue weighted by Crippen LogP contribution is -2.27. The van der Waals surface area contributed by atoms with Crippen molar-refractivity contribution in [2.24, 2.45) is 5.92 Å². The lowest BCUT2D eigenvalue weighted by Gasteiger charge is -2.10. The molecule has 1 rings (SSSR count). The topological polar surface area (TPSA) is 55.4 Å². The minimum atomic E-state index is -3.41. The third kappa shape index (κ3) is 4.76. The van der Waals surface area contributed by atoms with Crippen LogP contribution in [0.4, 0.5) is 0 Å². The lowest BCUT2D eigenvalue weighted by molar-refractivity contribution is 0.134. The Labute approximate surface area is 109 Å². The molecule has 0 amide bonds. The van der Waals surface area contributed by atoms with Gasteiger partial charge in [-0.3, -0.25) is 0 Å². The van der Waals surface area contributed by atoms with Crippen LogP contribution in [0.2, 0.25) is 0 Å². The first kappa shape index (κ1) is 15.1. The van der Waals surface area contributed by atoms with Gasteiger partial charge >= 0.3 is 0 Å². The van der Waals surface area contributed by atoms with Crippen molar-refractivity contribution in [2.75, 3.05) is 13.2 Å². The minimum Gasteiger partial charge on any atom is -0.377 e. The predicted molar refractivity (Wildman–Crippen MR) is 71.8 cm³/mol. The van der Waals surface area contributed by atoms with E-state index in [-0.39, 0.29) is 5.92 Å². The summed E-state index contributed by atoms with van der Waals surface area (Å²) in [5.74, 6) is 0.284. The van der Waals surface area contributed by atoms with E-state index in [1.54, 1.807) is 18.2 Å². The highest BCUT2D eigenvalue weighted by atomic mass is 32.2. The van der Waals surface area contributed by atoms with Gasteiger partial charge < -0.3 is 4.74 Å². The fourth-order valence-corrected chi connectivity index (χ4v) is 2.67. The highest BCUT2D eigenvalue weighted by Crippen LogP contribution is 2.12. The van der Waals surface area contributed by atoms with E-state index < -0.39 is 10.0 Å². The summed E-state index contributed by atoms with van der Waals surface area (Å²) in [6, 6.07) is 6.84. The van der Waals surface area contributed by atoms with Crippen molar-refractivity contribution >= 4 is 10.0 Å². The van der Waals surface area contributed by atoms with Gasteiger partial charge in [0.1, 0.15) is 0 Å². The molecule has 0 saturated carbocycles. The molecule has 0 fully saturated rings. The summed E-state index contributed by atoms with van der Waals surface area (Å²) >= 11 is 0. The second-order valence-corrected chi connectivity index (χ2v) is 6.30. The molecular weight excluding hydrogens is 250 g/mol. The van der Waals surface area contributed by atoms with E-state index in [0.717, 1.165) is 5.56 Å². The standard InChI is InChI=1S/C13H21NO3S/c1-4-17-10-12-6-5-7-13(8-12)18(15,16)14-9-11(2)3/h5-8,11,14H,4,9-10H2,1-3H3. The Morgan fingerprint density at radius 2 is 2.06 bits per heavy atom. The second kappa shape index (κ2) is 6.87. The van der Waals surface area contributed by atoms with E-state index in [1.165, 1.54) is 0 Å². The van der Waals surface area contributed by atoms with Crippen LogP contribution in [-0.4, -0.2) is 21.6 Å². The Bertz CT molecular complexity index is 469. The van der Waals surface area contributed by atoms with E-state index >= 15 is 0 Å². The molecule has 0 aliphatic carbocycles. The number of rotatable bonds is 7. The number of sulfonamides is 1. The molecule has 0 radical (unpaired) electrons. The van der Waals surface area contributed by atoms with E-state index in [2.05, 4.69) is 4.72 Å². The number of ether oxygens (including phenoxy) is 1. The average molecular weight is 271 g/mol. The van der Waals surface area contributed by atoms with Crippen molar-refractivity contribution in [3.8, 4) is 0 Å². The zero-order valence-electron chi connectivity index (χ0n) is 11.1. The van der Waals surface area contributed by atoms with Crippen molar-refractivity contribution < 1.29 is 13.2 Å². The van der Waals surface area contributed by atoms with Gasteiger partial charge in [0.25, 0.3) is 0 Å². The Kier molecular flexibility index (Phi) is 5.78. The molecule has 0 aliphatic rings. The molecule has 102 valence electrons. The van der Waals surface area contributed by atoms with E-state index in [1.807, 2.05) is 26.8 Å². The maximum absolute atomic E-state index is 12.0. The molecule has 0 unspecified atom stereocenters. The molecule has 0 atom stereocenters. The Morgan fingerprint density at radius 1 is 1.33 bits per heavy atom. The maximum atomic E-state index is 12.0. The average Bonchev–Trinajstić information content (AvgIpc) is 2.34. The van der Waals surface area contributed by atoms with E-state index in [9.17, 15) is 8.42 Å². The third-order valence-corrected chi connectivity index (χ3v) is 3.78. The second-order valence-electron chi connectivity index (χ2n) is 4.53. The molecule has 1 aromatic rings. The van der Waals surface area contributed by atoms with Gasteiger partial charge in [-0.1, -0.05) is 26.0 Å². The third-order valence-electron chi connectivity index (χ3n) is 2.36. The number of nitrogens with one attached hydrogen (secondary N) is 1. The van der Waals surface area contributed by atoms with Crippen LogP contribution in [0.5, 0.6) is 0 Å². The van der Waals surface area contributed by atoms with Gasteiger partial charge in [0.15, 0.2) is 0 Å². The molecule has 5 heteroatoms. The van der Waals surface area contributed by atoms with Crippen molar-refractivity contribution in [3.05, 3.63) is 29.8 Å². The van der Waals surface area contributed by atoms with Crippen LogP contribution in [0.3, 0.4) is 0 Å². The van der Waals surface area contributed by atoms with Crippen LogP contribution in [0.15, 0.2) is 29.2 Å². The van der Waals surface area contributed by atoms with Crippen LogP contribution in [-0.2, 0) is 21.4 Å². The Morgan fingerprint density at radius 3 is 2.67 bits per heavy atom. The summed E-state index contributed by atoms with van der Waals surface area (Å²) in [5, 5.41) is 0. The smallest absolute Gasteiger partial charge is 0.240 e. The SMILES string of the molecule is CCOCc1cccc(S(=O)(=O)NCC(C)C)c1. The highest BCUT2D eigenvalue weighted by molar-refractivity contribution is 7.89. The molecule has 1 aromatic carbocycles. The monoisotopic (exact) mass is 271 g/mol. The molecular formula is C13H21NO3S. The first-order chi connectivity index (χ1) is 8.45. The summed E-state index contributed by atoms with van der Waals surface area (Å²) in [7, 11) is -3.41. The zero-order valence-corrected chi connectivity index (χ0v) is 12.0. The van der Waals surface area contributed by atoms with E-state index in [4.69, 9.17) is 4.74 Å². The van der Waals surface area contributed by atoms with Crippen LogP contribution in [0, 0.1) is 5.92 Å². The van der Waals surface area contributed by atoms with Crippen LogP contribution >= 0.6 is 0 Å². The lowest BCUT2D eigenvalue weighted by atomic mass is 10.2. The quantitative estimate of drug-likeness (QED) is 0.827. The van der Waals surface area contributed by atoms with Gasteiger partial charge in [-0.2, -0.15) is 0 Å². The molecule has 0 bridgehead atoms. The van der Waals surface area contributed by atoms with Crippen molar-refractivity contribution in [1.29, 1.82) is 0 Å². The van der Waals surface area contributed by atoms with Crippen LogP contribution in [0.25, 0.3) is 0 Å². The normalized spacial score (nSPS) is 12.0. The van der Waals surface area contributed by atoms with Gasteiger partial charge in [0.2, 0.25) is 10.0 Å². The maximum Gasteiger partial charge on any atom is 0.240 e. The van der Waals surface area contributed by atoms with Gasteiger partial charge in [-0.15, -0.1) is 0 Å². The molecule has 0 heterocycles. The number of hydrogen-bond acceptors (Lipinski definition) is 3. The van der Waals surface area contributed by atoms with Gasteiger partial charge in [-0.05, 0) is 30.5 Å². The zero-order chi connectivity index (χ0) is 13.6. The number of benzene rings is 1. The highest BCUT2D eigenvalue weighted by Gasteiger charge is 2.14. The fourth-order valence-electron chi connectivity index (χ4n) is 1.38. The molecule has 0 aliphatic heterocycles. The van der Waals surface area contributed by atoms with Gasteiger partial charge in [-0.25, -0.2) is 13.1 Å². The number of hydrogen-bond donors (Lipinski definition) is 1. The Hall–Kier alpha value is -0.910. The summed E-state index contributed by atoms with van der Waals surface area (Å²) in [5.41, 5.74) is 0.865. The molecule has 1 N–H and O–H groups in total. The molecule has 0 aromatic heterocycles. The summed E-state index contributed by atoms with van der Waals surface area (Å²) in [4.78, 5) is 0.292. The predicted octanol–water partition coefficient (Wildman–Crippen LogP) is 2.16. The van der Waals surface area contributed by atoms with Crippen molar-refractivity contribution in [3.63, 3.8) is 0 Å². The molecule has 0 spiro atoms. The van der Waals surface area contributed by atoms with Crippen LogP contribution in [0.1, 0.15) is 26.3 Å². The Balaban J connectivity index is 2.81. The fraction of sp³-hybridized carbons (Fsp3) is 0.538. The van der Waals surface area contributed by atoms with Gasteiger partial charge in [0, 0.05) is 13.2 Å². The molecule has 4 nitrogen and oxygen atoms in total. The van der Waals surface area contributed by atoms with Crippen molar-refractivity contribution in [1.82, 2.24) is 4.72 Å².